The first-order chi connectivity index (χ1) is 13.9. The van der Waals surface area contributed by atoms with Crippen molar-refractivity contribution in [2.75, 3.05) is 5.32 Å². The molecule has 0 aliphatic carbocycles. The summed E-state index contributed by atoms with van der Waals surface area (Å²) >= 11 is 12.2. The third-order valence-corrected chi connectivity index (χ3v) is 4.84. The summed E-state index contributed by atoms with van der Waals surface area (Å²) in [5.74, 6) is -2.61. The Balaban J connectivity index is 1.69. The molecule has 2 heterocycles. The Kier molecular flexibility index (Phi) is 5.17. The van der Waals surface area contributed by atoms with E-state index in [0.717, 1.165) is 23.2 Å². The van der Waals surface area contributed by atoms with E-state index < -0.39 is 17.8 Å². The van der Waals surface area contributed by atoms with Crippen LogP contribution in [0.4, 0.5) is 14.6 Å². The van der Waals surface area contributed by atoms with Crippen LogP contribution in [0.2, 0.25) is 10.0 Å². The number of anilines is 1. The number of aromatic nitrogens is 3. The van der Waals surface area contributed by atoms with Gasteiger partial charge in [-0.1, -0.05) is 41.4 Å². The van der Waals surface area contributed by atoms with Crippen LogP contribution in [0, 0.1) is 11.9 Å². The molecule has 4 aromatic rings. The van der Waals surface area contributed by atoms with Crippen LogP contribution in [0.5, 0.6) is 0 Å². The monoisotopic (exact) mass is 432 g/mol. The van der Waals surface area contributed by atoms with Crippen LogP contribution in [0.1, 0.15) is 15.9 Å². The molecular formula is C20H12Cl2F2N4O. The van der Waals surface area contributed by atoms with Crippen LogP contribution in [0.3, 0.4) is 0 Å². The average Bonchev–Trinajstić information content (AvgIpc) is 3.01. The van der Waals surface area contributed by atoms with E-state index in [2.05, 4.69) is 15.4 Å². The fraction of sp³-hybridized carbons (Fsp3) is 0.0500. The number of carbonyl (C=O) groups excluding carboxylic acids is 1. The van der Waals surface area contributed by atoms with E-state index in [1.807, 2.05) is 12.1 Å². The standard InChI is InChI=1S/C20H12Cl2F2N4O/c21-13-6-5-11(15(22)9-13)10-28-16-4-2-1-3-14(16)19(27-28)26-20(29)12-7-17(23)25-18(24)8-12/h1-9H,10H2,(H,26,27,29). The maximum Gasteiger partial charge on any atom is 0.257 e. The summed E-state index contributed by atoms with van der Waals surface area (Å²) < 4.78 is 28.3. The number of pyridine rings is 1. The molecule has 0 radical (unpaired) electrons. The number of nitrogens with zero attached hydrogens (tertiary/aromatic N) is 3. The minimum absolute atomic E-state index is 0.200. The molecule has 0 spiro atoms. The van der Waals surface area contributed by atoms with Gasteiger partial charge in [-0.15, -0.1) is 0 Å². The second-order valence-electron chi connectivity index (χ2n) is 6.21. The molecule has 0 saturated carbocycles. The van der Waals surface area contributed by atoms with Crippen LogP contribution < -0.4 is 5.32 Å². The molecule has 0 saturated heterocycles. The third kappa shape index (κ3) is 4.06. The molecule has 4 rings (SSSR count). The van der Waals surface area contributed by atoms with Crippen molar-refractivity contribution >= 4 is 45.8 Å². The van der Waals surface area contributed by atoms with E-state index in [4.69, 9.17) is 23.2 Å². The van der Waals surface area contributed by atoms with Crippen molar-refractivity contribution in [1.29, 1.82) is 0 Å². The predicted octanol–water partition coefficient (Wildman–Crippen LogP) is 5.32. The van der Waals surface area contributed by atoms with Crippen molar-refractivity contribution < 1.29 is 13.6 Å². The summed E-state index contributed by atoms with van der Waals surface area (Å²) in [6, 6.07) is 14.1. The van der Waals surface area contributed by atoms with Gasteiger partial charge in [0.2, 0.25) is 11.9 Å². The van der Waals surface area contributed by atoms with Crippen LogP contribution in [0.25, 0.3) is 10.9 Å². The molecule has 0 unspecified atom stereocenters. The number of hydrogen-bond acceptors (Lipinski definition) is 3. The van der Waals surface area contributed by atoms with E-state index in [0.29, 0.717) is 22.0 Å². The third-order valence-electron chi connectivity index (χ3n) is 4.25. The Morgan fingerprint density at radius 3 is 2.48 bits per heavy atom. The Morgan fingerprint density at radius 1 is 1.03 bits per heavy atom. The molecule has 0 bridgehead atoms. The highest BCUT2D eigenvalue weighted by atomic mass is 35.5. The van der Waals surface area contributed by atoms with E-state index in [1.165, 1.54) is 0 Å². The van der Waals surface area contributed by atoms with Gasteiger partial charge in [-0.25, -0.2) is 0 Å². The number of para-hydroxylation sites is 1. The van der Waals surface area contributed by atoms with Gasteiger partial charge in [0.1, 0.15) is 0 Å². The maximum atomic E-state index is 13.3. The summed E-state index contributed by atoms with van der Waals surface area (Å²) in [6.45, 7) is 0.338. The average molecular weight is 433 g/mol. The van der Waals surface area contributed by atoms with Crippen molar-refractivity contribution in [1.82, 2.24) is 14.8 Å². The lowest BCUT2D eigenvalue weighted by Gasteiger charge is -2.06. The van der Waals surface area contributed by atoms with Gasteiger partial charge in [0, 0.05) is 33.1 Å². The lowest BCUT2D eigenvalue weighted by molar-refractivity contribution is 0.102. The molecule has 0 fully saturated rings. The Morgan fingerprint density at radius 2 is 1.76 bits per heavy atom. The van der Waals surface area contributed by atoms with Crippen LogP contribution in [0.15, 0.2) is 54.6 Å². The number of benzene rings is 2. The first kappa shape index (κ1) is 19.3. The zero-order valence-corrected chi connectivity index (χ0v) is 16.2. The zero-order chi connectivity index (χ0) is 20.5. The molecule has 0 aliphatic heterocycles. The van der Waals surface area contributed by atoms with Gasteiger partial charge in [-0.3, -0.25) is 9.48 Å². The summed E-state index contributed by atoms with van der Waals surface area (Å²) in [5, 5.41) is 8.73. The van der Waals surface area contributed by atoms with Gasteiger partial charge < -0.3 is 5.32 Å². The Hall–Kier alpha value is -3.03. The molecule has 2 aromatic carbocycles. The molecule has 9 heteroatoms. The minimum atomic E-state index is -1.08. The van der Waals surface area contributed by atoms with Crippen molar-refractivity contribution in [2.45, 2.75) is 6.54 Å². The number of carbonyl (C=O) groups is 1. The van der Waals surface area contributed by atoms with Gasteiger partial charge >= 0.3 is 0 Å². The number of amides is 1. The molecule has 5 nitrogen and oxygen atoms in total. The summed E-state index contributed by atoms with van der Waals surface area (Å²) in [6.07, 6.45) is 0. The molecule has 1 amide bonds. The highest BCUT2D eigenvalue weighted by Crippen LogP contribution is 2.27. The van der Waals surface area contributed by atoms with Crippen LogP contribution in [-0.4, -0.2) is 20.7 Å². The summed E-state index contributed by atoms with van der Waals surface area (Å²) in [5.41, 5.74) is 1.34. The predicted molar refractivity (Wildman–Crippen MR) is 107 cm³/mol. The first-order valence-corrected chi connectivity index (χ1v) is 9.20. The summed E-state index contributed by atoms with van der Waals surface area (Å²) in [4.78, 5) is 15.4. The van der Waals surface area contributed by atoms with Gasteiger partial charge in [-0.2, -0.15) is 18.9 Å². The molecule has 1 N–H and O–H groups in total. The topological polar surface area (TPSA) is 59.8 Å². The quantitative estimate of drug-likeness (QED) is 0.444. The molecular weight excluding hydrogens is 421 g/mol. The van der Waals surface area contributed by atoms with Gasteiger partial charge in [0.25, 0.3) is 5.91 Å². The minimum Gasteiger partial charge on any atom is -0.305 e. The second kappa shape index (κ2) is 7.77. The zero-order valence-electron chi connectivity index (χ0n) is 14.7. The van der Waals surface area contributed by atoms with Gasteiger partial charge in [0.05, 0.1) is 12.1 Å². The number of halogens is 4. The Bertz CT molecular complexity index is 1220. The molecule has 146 valence electrons. The molecule has 2 aromatic heterocycles. The lowest BCUT2D eigenvalue weighted by Crippen LogP contribution is -2.14. The Labute approximate surface area is 173 Å². The highest BCUT2D eigenvalue weighted by molar-refractivity contribution is 6.35. The van der Waals surface area contributed by atoms with Crippen molar-refractivity contribution in [3.63, 3.8) is 0 Å². The highest BCUT2D eigenvalue weighted by Gasteiger charge is 2.16. The van der Waals surface area contributed by atoms with E-state index >= 15 is 0 Å². The van der Waals surface area contributed by atoms with Crippen molar-refractivity contribution in [3.05, 3.63) is 87.7 Å². The largest absolute Gasteiger partial charge is 0.305 e. The maximum absolute atomic E-state index is 13.3. The first-order valence-electron chi connectivity index (χ1n) is 8.44. The fourth-order valence-corrected chi connectivity index (χ4v) is 3.40. The number of hydrogen-bond donors (Lipinski definition) is 1. The second-order valence-corrected chi connectivity index (χ2v) is 7.06. The fourth-order valence-electron chi connectivity index (χ4n) is 2.93. The normalized spacial score (nSPS) is 11.0. The van der Waals surface area contributed by atoms with E-state index in [1.54, 1.807) is 35.0 Å². The summed E-state index contributed by atoms with van der Waals surface area (Å²) in [7, 11) is 0. The van der Waals surface area contributed by atoms with Gasteiger partial charge in [0.15, 0.2) is 5.82 Å². The number of nitrogens with one attached hydrogen (secondary N) is 1. The molecule has 29 heavy (non-hydrogen) atoms. The van der Waals surface area contributed by atoms with E-state index in [9.17, 15) is 13.6 Å². The smallest absolute Gasteiger partial charge is 0.257 e. The van der Waals surface area contributed by atoms with Crippen molar-refractivity contribution in [3.8, 4) is 0 Å². The molecule has 0 aliphatic rings. The number of rotatable bonds is 4. The van der Waals surface area contributed by atoms with Crippen LogP contribution >= 0.6 is 23.2 Å². The van der Waals surface area contributed by atoms with E-state index in [-0.39, 0.29) is 11.4 Å². The molecule has 0 atom stereocenters. The SMILES string of the molecule is O=C(Nc1nn(Cc2ccc(Cl)cc2Cl)c2ccccc12)c1cc(F)nc(F)c1. The van der Waals surface area contributed by atoms with Crippen molar-refractivity contribution in [2.24, 2.45) is 0 Å². The lowest BCUT2D eigenvalue weighted by atomic mass is 10.2. The number of fused-ring (bicyclic) bond motifs is 1. The van der Waals surface area contributed by atoms with Gasteiger partial charge in [-0.05, 0) is 29.8 Å². The van der Waals surface area contributed by atoms with Crippen LogP contribution in [-0.2, 0) is 6.54 Å².